The fourth-order valence-electron chi connectivity index (χ4n) is 1.78. The Morgan fingerprint density at radius 2 is 2.00 bits per heavy atom. The molecule has 2 aromatic rings. The van der Waals surface area contributed by atoms with Crippen LogP contribution in [-0.4, -0.2) is 32.6 Å². The molecule has 0 aliphatic rings. The van der Waals surface area contributed by atoms with Crippen LogP contribution < -0.4 is 15.7 Å². The van der Waals surface area contributed by atoms with Crippen LogP contribution in [-0.2, 0) is 9.53 Å². The van der Waals surface area contributed by atoms with Gasteiger partial charge in [-0.15, -0.1) is 0 Å². The molecule has 1 amide bonds. The van der Waals surface area contributed by atoms with Crippen LogP contribution >= 0.6 is 0 Å². The Hall–Kier alpha value is -2.83. The molecule has 21 heavy (non-hydrogen) atoms. The van der Waals surface area contributed by atoms with Gasteiger partial charge in [-0.2, -0.15) is 0 Å². The predicted octanol–water partition coefficient (Wildman–Crippen LogP) is 0.704. The molecule has 110 valence electrons. The first-order valence-electron chi connectivity index (χ1n) is 6.02. The van der Waals surface area contributed by atoms with Crippen molar-refractivity contribution in [3.8, 4) is 5.75 Å². The van der Waals surface area contributed by atoms with Crippen molar-refractivity contribution in [3.63, 3.8) is 0 Å². The summed E-state index contributed by atoms with van der Waals surface area (Å²) in [7, 11) is 2.69. The number of methoxy groups -OCH3 is 2. The van der Waals surface area contributed by atoms with Crippen molar-refractivity contribution in [2.24, 2.45) is 0 Å². The molecule has 0 unspecified atom stereocenters. The number of carbonyl (C=O) groups is 2. The van der Waals surface area contributed by atoms with E-state index in [1.165, 1.54) is 20.3 Å². The fourth-order valence-corrected chi connectivity index (χ4v) is 1.78. The van der Waals surface area contributed by atoms with Gasteiger partial charge in [-0.1, -0.05) is 0 Å². The molecule has 0 atom stereocenters. The molecule has 0 bridgehead atoms. The molecule has 1 aromatic heterocycles. The standard InChI is InChI=1S/C14H13NO6/c1-19-8-3-4-9-10(6-12(16)21-11(9)5-8)14(18)15-7-13(17)20-2/h3-6H,7H2,1-2H3,(H,15,18). The van der Waals surface area contributed by atoms with Gasteiger partial charge in [0.05, 0.1) is 19.8 Å². The smallest absolute Gasteiger partial charge is 0.337 e. The zero-order valence-electron chi connectivity index (χ0n) is 11.5. The third kappa shape index (κ3) is 3.19. The normalized spacial score (nSPS) is 10.2. The summed E-state index contributed by atoms with van der Waals surface area (Å²) in [5, 5.41) is 2.81. The van der Waals surface area contributed by atoms with Crippen molar-refractivity contribution < 1.29 is 23.5 Å². The van der Waals surface area contributed by atoms with Gasteiger partial charge in [0.2, 0.25) is 0 Å². The second-order valence-electron chi connectivity index (χ2n) is 4.10. The Morgan fingerprint density at radius 1 is 1.24 bits per heavy atom. The number of carbonyl (C=O) groups excluding carboxylic acids is 2. The second kappa shape index (κ2) is 6.08. The lowest BCUT2D eigenvalue weighted by Gasteiger charge is -2.07. The minimum absolute atomic E-state index is 0.118. The maximum Gasteiger partial charge on any atom is 0.337 e. The summed E-state index contributed by atoms with van der Waals surface area (Å²) in [4.78, 5) is 34.6. The van der Waals surface area contributed by atoms with Crippen molar-refractivity contribution in [1.29, 1.82) is 0 Å². The van der Waals surface area contributed by atoms with E-state index in [0.717, 1.165) is 6.07 Å². The first-order chi connectivity index (χ1) is 10.0. The minimum Gasteiger partial charge on any atom is -0.497 e. The lowest BCUT2D eigenvalue weighted by molar-refractivity contribution is -0.139. The average molecular weight is 291 g/mol. The molecular weight excluding hydrogens is 278 g/mol. The summed E-state index contributed by atoms with van der Waals surface area (Å²) in [6.45, 7) is -0.285. The number of nitrogens with one attached hydrogen (secondary N) is 1. The summed E-state index contributed by atoms with van der Waals surface area (Å²) in [6, 6.07) is 5.82. The molecule has 0 aliphatic heterocycles. The Morgan fingerprint density at radius 3 is 2.67 bits per heavy atom. The van der Waals surface area contributed by atoms with Crippen LogP contribution in [0.3, 0.4) is 0 Å². The summed E-state index contributed by atoms with van der Waals surface area (Å²) in [6.07, 6.45) is 0. The van der Waals surface area contributed by atoms with E-state index in [1.807, 2.05) is 0 Å². The van der Waals surface area contributed by atoms with Gasteiger partial charge in [0.1, 0.15) is 17.9 Å². The molecule has 0 spiro atoms. The highest BCUT2D eigenvalue weighted by Gasteiger charge is 2.14. The van der Waals surface area contributed by atoms with Gasteiger partial charge in [-0.25, -0.2) is 4.79 Å². The van der Waals surface area contributed by atoms with Gasteiger partial charge in [-0.05, 0) is 12.1 Å². The highest BCUT2D eigenvalue weighted by atomic mass is 16.5. The monoisotopic (exact) mass is 291 g/mol. The van der Waals surface area contributed by atoms with E-state index in [4.69, 9.17) is 9.15 Å². The molecule has 1 heterocycles. The molecular formula is C14H13NO6. The van der Waals surface area contributed by atoms with Crippen LogP contribution in [0.4, 0.5) is 0 Å². The molecule has 0 saturated heterocycles. The highest BCUT2D eigenvalue weighted by molar-refractivity contribution is 6.06. The van der Waals surface area contributed by atoms with Crippen molar-refractivity contribution >= 4 is 22.8 Å². The van der Waals surface area contributed by atoms with Crippen LogP contribution in [0, 0.1) is 0 Å². The van der Waals surface area contributed by atoms with Gasteiger partial charge in [0, 0.05) is 17.5 Å². The Bertz CT molecular complexity index is 749. The predicted molar refractivity (Wildman–Crippen MR) is 73.4 cm³/mol. The zero-order chi connectivity index (χ0) is 15.4. The Kier molecular flexibility index (Phi) is 4.22. The SMILES string of the molecule is COC(=O)CNC(=O)c1cc(=O)oc2cc(OC)ccc12. The fraction of sp³-hybridized carbons (Fsp3) is 0.214. The lowest BCUT2D eigenvalue weighted by Crippen LogP contribution is -2.30. The summed E-state index contributed by atoms with van der Waals surface area (Å²) >= 11 is 0. The molecule has 0 fully saturated rings. The number of hydrogen-bond donors (Lipinski definition) is 1. The van der Waals surface area contributed by atoms with Crippen LogP contribution in [0.2, 0.25) is 0 Å². The van der Waals surface area contributed by atoms with Gasteiger partial charge >= 0.3 is 11.6 Å². The maximum absolute atomic E-state index is 12.1. The quantitative estimate of drug-likeness (QED) is 0.658. The van der Waals surface area contributed by atoms with Crippen LogP contribution in [0.25, 0.3) is 11.0 Å². The largest absolute Gasteiger partial charge is 0.497 e. The molecule has 2 rings (SSSR count). The Labute approximate surface area is 119 Å². The lowest BCUT2D eigenvalue weighted by atomic mass is 10.1. The second-order valence-corrected chi connectivity index (χ2v) is 4.10. The number of esters is 1. The minimum atomic E-state index is -0.668. The summed E-state index contributed by atoms with van der Waals surface area (Å²) in [5.41, 5.74) is -0.322. The van der Waals surface area contributed by atoms with Crippen LogP contribution in [0.15, 0.2) is 33.5 Å². The molecule has 7 heteroatoms. The van der Waals surface area contributed by atoms with Gasteiger partial charge in [-0.3, -0.25) is 9.59 Å². The van der Waals surface area contributed by atoms with Crippen LogP contribution in [0.1, 0.15) is 10.4 Å². The van der Waals surface area contributed by atoms with E-state index in [9.17, 15) is 14.4 Å². The van der Waals surface area contributed by atoms with Gasteiger partial charge in [0.25, 0.3) is 5.91 Å². The zero-order valence-corrected chi connectivity index (χ0v) is 11.5. The van der Waals surface area contributed by atoms with E-state index in [2.05, 4.69) is 10.1 Å². The van der Waals surface area contributed by atoms with Crippen LogP contribution in [0.5, 0.6) is 5.75 Å². The molecule has 1 aromatic carbocycles. The van der Waals surface area contributed by atoms with Gasteiger partial charge < -0.3 is 19.2 Å². The van der Waals surface area contributed by atoms with E-state index >= 15 is 0 Å². The first-order valence-corrected chi connectivity index (χ1v) is 6.02. The third-order valence-electron chi connectivity index (χ3n) is 2.82. The summed E-state index contributed by atoms with van der Waals surface area (Å²) in [5.74, 6) is -0.654. The summed E-state index contributed by atoms with van der Waals surface area (Å²) < 4.78 is 14.5. The molecule has 0 radical (unpaired) electrons. The number of rotatable bonds is 4. The number of fused-ring (bicyclic) bond motifs is 1. The van der Waals surface area contributed by atoms with Crippen molar-refractivity contribution in [2.45, 2.75) is 0 Å². The van der Waals surface area contributed by atoms with E-state index in [0.29, 0.717) is 11.1 Å². The molecule has 0 aliphatic carbocycles. The van der Waals surface area contributed by atoms with E-state index in [-0.39, 0.29) is 17.7 Å². The number of ether oxygens (including phenoxy) is 2. The first kappa shape index (κ1) is 14.6. The molecule has 0 saturated carbocycles. The van der Waals surface area contributed by atoms with Crippen molar-refractivity contribution in [2.75, 3.05) is 20.8 Å². The van der Waals surface area contributed by atoms with Crippen molar-refractivity contribution in [1.82, 2.24) is 5.32 Å². The number of hydrogen-bond acceptors (Lipinski definition) is 6. The third-order valence-corrected chi connectivity index (χ3v) is 2.82. The van der Waals surface area contributed by atoms with E-state index in [1.54, 1.807) is 12.1 Å². The molecule has 1 N–H and O–H groups in total. The average Bonchev–Trinajstić information content (AvgIpc) is 2.50. The van der Waals surface area contributed by atoms with Crippen molar-refractivity contribution in [3.05, 3.63) is 40.2 Å². The number of amides is 1. The number of benzene rings is 1. The Balaban J connectivity index is 2.41. The highest BCUT2D eigenvalue weighted by Crippen LogP contribution is 2.22. The van der Waals surface area contributed by atoms with E-state index < -0.39 is 17.5 Å². The maximum atomic E-state index is 12.1. The topological polar surface area (TPSA) is 94.8 Å². The van der Waals surface area contributed by atoms with Gasteiger partial charge in [0.15, 0.2) is 0 Å². The molecule has 7 nitrogen and oxygen atoms in total.